The van der Waals surface area contributed by atoms with Crippen molar-refractivity contribution in [1.82, 2.24) is 9.62 Å². The van der Waals surface area contributed by atoms with Crippen molar-refractivity contribution in [3.63, 3.8) is 0 Å². The topological polar surface area (TPSA) is 62.6 Å². The molecule has 114 valence electrons. The third-order valence-corrected chi connectivity index (χ3v) is 5.26. The molecule has 20 heavy (non-hydrogen) atoms. The van der Waals surface area contributed by atoms with Crippen LogP contribution in [0, 0.1) is 13.8 Å². The minimum atomic E-state index is -3.04. The lowest BCUT2D eigenvalue weighted by Gasteiger charge is -2.32. The molecule has 2 heterocycles. The third-order valence-electron chi connectivity index (χ3n) is 3.95. The Labute approximate surface area is 121 Å². The van der Waals surface area contributed by atoms with E-state index in [0.717, 1.165) is 24.4 Å². The monoisotopic (exact) mass is 300 g/mol. The van der Waals surface area contributed by atoms with E-state index in [1.807, 2.05) is 13.8 Å². The number of sulfonamides is 1. The number of furan rings is 1. The summed E-state index contributed by atoms with van der Waals surface area (Å²) in [7, 11) is -3.04. The molecule has 1 aromatic rings. The number of nitrogens with one attached hydrogen (secondary N) is 1. The molecule has 2 rings (SSSR count). The van der Waals surface area contributed by atoms with Gasteiger partial charge in [-0.15, -0.1) is 0 Å². The van der Waals surface area contributed by atoms with Gasteiger partial charge in [0.05, 0.1) is 6.26 Å². The number of hydrogen-bond acceptors (Lipinski definition) is 4. The molecule has 0 bridgehead atoms. The number of nitrogens with zero attached hydrogens (tertiary/aromatic N) is 1. The van der Waals surface area contributed by atoms with Crippen LogP contribution in [0.3, 0.4) is 0 Å². The summed E-state index contributed by atoms with van der Waals surface area (Å²) in [5.74, 6) is 1.88. The summed E-state index contributed by atoms with van der Waals surface area (Å²) in [6.45, 7) is 7.26. The zero-order chi connectivity index (χ0) is 14.9. The van der Waals surface area contributed by atoms with Gasteiger partial charge >= 0.3 is 0 Å². The maximum atomic E-state index is 11.5. The molecule has 1 unspecified atom stereocenters. The fourth-order valence-electron chi connectivity index (χ4n) is 2.88. The second-order valence-electron chi connectivity index (χ2n) is 5.69. The van der Waals surface area contributed by atoms with Crippen molar-refractivity contribution in [1.29, 1.82) is 0 Å². The Morgan fingerprint density at radius 1 is 1.35 bits per heavy atom. The van der Waals surface area contributed by atoms with Crippen molar-refractivity contribution in [3.8, 4) is 0 Å². The van der Waals surface area contributed by atoms with E-state index in [1.54, 1.807) is 4.31 Å². The van der Waals surface area contributed by atoms with E-state index < -0.39 is 10.0 Å². The summed E-state index contributed by atoms with van der Waals surface area (Å²) < 4.78 is 30.1. The number of piperidine rings is 1. The minimum Gasteiger partial charge on any atom is -0.466 e. The van der Waals surface area contributed by atoms with E-state index in [-0.39, 0.29) is 6.04 Å². The molecule has 0 aromatic carbocycles. The van der Waals surface area contributed by atoms with Crippen LogP contribution in [0.5, 0.6) is 0 Å². The van der Waals surface area contributed by atoms with Gasteiger partial charge in [0.2, 0.25) is 10.0 Å². The van der Waals surface area contributed by atoms with E-state index in [4.69, 9.17) is 4.42 Å². The van der Waals surface area contributed by atoms with Crippen molar-refractivity contribution in [2.24, 2.45) is 0 Å². The zero-order valence-electron chi connectivity index (χ0n) is 12.6. The lowest BCUT2D eigenvalue weighted by atomic mass is 10.0. The number of aryl methyl sites for hydroxylation is 2. The van der Waals surface area contributed by atoms with Crippen molar-refractivity contribution in [2.45, 2.75) is 45.7 Å². The van der Waals surface area contributed by atoms with Crippen molar-refractivity contribution < 1.29 is 12.8 Å². The van der Waals surface area contributed by atoms with Crippen LogP contribution < -0.4 is 5.32 Å². The van der Waals surface area contributed by atoms with Gasteiger partial charge in [-0.05, 0) is 39.7 Å². The molecule has 1 atom stereocenters. The SMILES string of the molecule is Cc1cc(C(C)NC2CCN(S(C)(=O)=O)CC2)c(C)o1. The predicted molar refractivity (Wildman–Crippen MR) is 79.2 cm³/mol. The summed E-state index contributed by atoms with van der Waals surface area (Å²) in [5.41, 5.74) is 1.19. The van der Waals surface area contributed by atoms with Gasteiger partial charge in [0.15, 0.2) is 0 Å². The average molecular weight is 300 g/mol. The Kier molecular flexibility index (Phi) is 4.56. The van der Waals surface area contributed by atoms with Crippen LogP contribution >= 0.6 is 0 Å². The molecule has 5 nitrogen and oxygen atoms in total. The minimum absolute atomic E-state index is 0.224. The summed E-state index contributed by atoms with van der Waals surface area (Å²) in [4.78, 5) is 0. The first-order chi connectivity index (χ1) is 9.27. The van der Waals surface area contributed by atoms with E-state index in [2.05, 4.69) is 18.3 Å². The largest absolute Gasteiger partial charge is 0.466 e. The third kappa shape index (κ3) is 3.62. The Morgan fingerprint density at radius 2 is 1.95 bits per heavy atom. The molecular formula is C14H24N2O3S. The van der Waals surface area contributed by atoms with Gasteiger partial charge < -0.3 is 9.73 Å². The van der Waals surface area contributed by atoms with Gasteiger partial charge in [-0.1, -0.05) is 0 Å². The van der Waals surface area contributed by atoms with Crippen LogP contribution in [0.15, 0.2) is 10.5 Å². The molecule has 0 amide bonds. The molecule has 1 aromatic heterocycles. The van der Waals surface area contributed by atoms with E-state index in [1.165, 1.54) is 11.8 Å². The smallest absolute Gasteiger partial charge is 0.211 e. The van der Waals surface area contributed by atoms with Gasteiger partial charge in [0.1, 0.15) is 11.5 Å². The highest BCUT2D eigenvalue weighted by Crippen LogP contribution is 2.23. The van der Waals surface area contributed by atoms with Gasteiger partial charge in [0, 0.05) is 30.7 Å². The molecule has 0 radical (unpaired) electrons. The van der Waals surface area contributed by atoms with Crippen LogP contribution in [0.1, 0.15) is 42.9 Å². The molecule has 1 aliphatic heterocycles. The fourth-order valence-corrected chi connectivity index (χ4v) is 3.75. The zero-order valence-corrected chi connectivity index (χ0v) is 13.5. The molecule has 1 N–H and O–H groups in total. The van der Waals surface area contributed by atoms with Crippen molar-refractivity contribution >= 4 is 10.0 Å². The van der Waals surface area contributed by atoms with Crippen LogP contribution in [-0.4, -0.2) is 38.1 Å². The summed E-state index contributed by atoms with van der Waals surface area (Å²) in [6.07, 6.45) is 2.99. The summed E-state index contributed by atoms with van der Waals surface area (Å²) in [6, 6.07) is 2.65. The summed E-state index contributed by atoms with van der Waals surface area (Å²) >= 11 is 0. The van der Waals surface area contributed by atoms with Gasteiger partial charge in [0.25, 0.3) is 0 Å². The normalized spacial score (nSPS) is 20.2. The maximum absolute atomic E-state index is 11.5. The highest BCUT2D eigenvalue weighted by atomic mass is 32.2. The second-order valence-corrected chi connectivity index (χ2v) is 7.68. The Balaban J connectivity index is 1.91. The standard InChI is InChI=1S/C14H24N2O3S/c1-10-9-14(12(3)19-10)11(2)15-13-5-7-16(8-6-13)20(4,17)18/h9,11,13,15H,5-8H2,1-4H3. The Bertz CT molecular complexity index is 557. The highest BCUT2D eigenvalue weighted by Gasteiger charge is 2.26. The molecular weight excluding hydrogens is 276 g/mol. The second kappa shape index (κ2) is 5.87. The number of hydrogen-bond donors (Lipinski definition) is 1. The molecule has 1 fully saturated rings. The quantitative estimate of drug-likeness (QED) is 0.923. The first kappa shape index (κ1) is 15.5. The van der Waals surface area contributed by atoms with Crippen LogP contribution in [0.4, 0.5) is 0 Å². The highest BCUT2D eigenvalue weighted by molar-refractivity contribution is 7.88. The van der Waals surface area contributed by atoms with Gasteiger partial charge in [-0.2, -0.15) is 0 Å². The van der Waals surface area contributed by atoms with E-state index in [0.29, 0.717) is 19.1 Å². The predicted octanol–water partition coefficient (Wildman–Crippen LogP) is 1.97. The molecule has 0 spiro atoms. The average Bonchev–Trinajstić information content (AvgIpc) is 2.68. The molecule has 1 saturated heterocycles. The summed E-state index contributed by atoms with van der Waals surface area (Å²) in [5, 5.41) is 3.58. The van der Waals surface area contributed by atoms with Gasteiger partial charge in [-0.25, -0.2) is 12.7 Å². The molecule has 0 saturated carbocycles. The van der Waals surface area contributed by atoms with Crippen molar-refractivity contribution in [3.05, 3.63) is 23.2 Å². The van der Waals surface area contributed by atoms with E-state index >= 15 is 0 Å². The van der Waals surface area contributed by atoms with E-state index in [9.17, 15) is 8.42 Å². The van der Waals surface area contributed by atoms with Gasteiger partial charge in [-0.3, -0.25) is 0 Å². The lowest BCUT2D eigenvalue weighted by molar-refractivity contribution is 0.278. The van der Waals surface area contributed by atoms with Crippen LogP contribution in [0.2, 0.25) is 0 Å². The lowest BCUT2D eigenvalue weighted by Crippen LogP contribution is -2.45. The molecule has 6 heteroatoms. The van der Waals surface area contributed by atoms with Crippen LogP contribution in [-0.2, 0) is 10.0 Å². The number of rotatable bonds is 4. The maximum Gasteiger partial charge on any atom is 0.211 e. The molecule has 0 aliphatic carbocycles. The fraction of sp³-hybridized carbons (Fsp3) is 0.714. The first-order valence-corrected chi connectivity index (χ1v) is 8.90. The van der Waals surface area contributed by atoms with Crippen molar-refractivity contribution in [2.75, 3.05) is 19.3 Å². The Hall–Kier alpha value is -0.850. The first-order valence-electron chi connectivity index (χ1n) is 7.05. The molecule has 1 aliphatic rings. The Morgan fingerprint density at radius 3 is 2.40 bits per heavy atom. The van der Waals surface area contributed by atoms with Crippen LogP contribution in [0.25, 0.3) is 0 Å².